The zero-order chi connectivity index (χ0) is 11.6. The molecule has 1 aromatic heterocycles. The fourth-order valence-corrected chi connectivity index (χ4v) is 2.75. The van der Waals surface area contributed by atoms with Crippen LogP contribution in [0.5, 0.6) is 0 Å². The van der Waals surface area contributed by atoms with E-state index in [1.807, 2.05) is 0 Å². The van der Waals surface area contributed by atoms with E-state index < -0.39 is 11.2 Å². The third-order valence-corrected chi connectivity index (χ3v) is 4.19. The molecule has 1 atom stereocenters. The molecule has 84 valence electrons. The summed E-state index contributed by atoms with van der Waals surface area (Å²) in [6.07, 6.45) is 0. The molecule has 0 saturated carbocycles. The zero-order valence-corrected chi connectivity index (χ0v) is 10.8. The monoisotopic (exact) mass is 246 g/mol. The molecule has 6 heteroatoms. The molecule has 1 heterocycles. The van der Waals surface area contributed by atoms with Crippen LogP contribution in [-0.2, 0) is 10.2 Å². The van der Waals surface area contributed by atoms with Crippen molar-refractivity contribution in [2.75, 3.05) is 0 Å². The van der Waals surface area contributed by atoms with Crippen LogP contribution in [0.3, 0.4) is 0 Å². The molecule has 0 saturated heterocycles. The van der Waals surface area contributed by atoms with Crippen LogP contribution in [0.4, 0.5) is 0 Å². The zero-order valence-electron chi connectivity index (χ0n) is 9.14. The third-order valence-electron chi connectivity index (χ3n) is 1.67. The molecule has 1 N–H and O–H groups in total. The maximum atomic E-state index is 10.6. The smallest absolute Gasteiger partial charge is 0.316 e. The maximum Gasteiger partial charge on any atom is 0.316 e. The first-order valence-electron chi connectivity index (χ1n) is 4.54. The molecule has 1 rings (SSSR count). The second-order valence-corrected chi connectivity index (χ2v) is 6.79. The van der Waals surface area contributed by atoms with E-state index in [0.717, 1.165) is 9.35 Å². The molecule has 0 bridgehead atoms. The van der Waals surface area contributed by atoms with Crippen LogP contribution in [0, 0.1) is 0 Å². The summed E-state index contributed by atoms with van der Waals surface area (Å²) >= 11 is 2.70. The lowest BCUT2D eigenvalue weighted by Crippen LogP contribution is -2.10. The van der Waals surface area contributed by atoms with Crippen molar-refractivity contribution in [3.05, 3.63) is 5.01 Å². The van der Waals surface area contributed by atoms with Crippen LogP contribution in [0.25, 0.3) is 0 Å². The molecule has 0 radical (unpaired) electrons. The number of hydrogen-bond donors (Lipinski definition) is 1. The number of hydrogen-bond acceptors (Lipinski definition) is 5. The second kappa shape index (κ2) is 4.49. The SMILES string of the molecule is CC(Sc1nnc(C(C)(C)C)s1)C(=O)O. The highest BCUT2D eigenvalue weighted by Crippen LogP contribution is 2.32. The summed E-state index contributed by atoms with van der Waals surface area (Å²) in [4.78, 5) is 10.6. The summed E-state index contributed by atoms with van der Waals surface area (Å²) in [6.45, 7) is 7.82. The van der Waals surface area contributed by atoms with E-state index in [9.17, 15) is 4.79 Å². The van der Waals surface area contributed by atoms with Crippen LogP contribution in [-0.4, -0.2) is 26.5 Å². The Morgan fingerprint density at radius 1 is 1.47 bits per heavy atom. The topological polar surface area (TPSA) is 63.1 Å². The van der Waals surface area contributed by atoms with Gasteiger partial charge in [0.05, 0.1) is 0 Å². The molecule has 0 aliphatic rings. The van der Waals surface area contributed by atoms with Crippen molar-refractivity contribution < 1.29 is 9.90 Å². The van der Waals surface area contributed by atoms with Crippen molar-refractivity contribution in [3.63, 3.8) is 0 Å². The Kier molecular flexibility index (Phi) is 3.72. The van der Waals surface area contributed by atoms with Gasteiger partial charge in [0.2, 0.25) is 0 Å². The van der Waals surface area contributed by atoms with Crippen molar-refractivity contribution in [2.45, 2.75) is 42.7 Å². The maximum absolute atomic E-state index is 10.6. The Labute approximate surface area is 97.1 Å². The Morgan fingerprint density at radius 3 is 2.47 bits per heavy atom. The van der Waals surface area contributed by atoms with E-state index in [1.165, 1.54) is 23.1 Å². The lowest BCUT2D eigenvalue weighted by molar-refractivity contribution is -0.136. The number of carboxylic acid groups (broad SMARTS) is 1. The number of carboxylic acids is 1. The van der Waals surface area contributed by atoms with E-state index >= 15 is 0 Å². The highest BCUT2D eigenvalue weighted by Gasteiger charge is 2.21. The van der Waals surface area contributed by atoms with Gasteiger partial charge in [-0.2, -0.15) is 0 Å². The summed E-state index contributed by atoms with van der Waals surface area (Å²) in [5.41, 5.74) is -0.0249. The minimum absolute atomic E-state index is 0.0249. The fraction of sp³-hybridized carbons (Fsp3) is 0.667. The first-order chi connectivity index (χ1) is 6.80. The first-order valence-corrected chi connectivity index (χ1v) is 6.24. The van der Waals surface area contributed by atoms with Crippen LogP contribution >= 0.6 is 23.1 Å². The average molecular weight is 246 g/mol. The summed E-state index contributed by atoms with van der Waals surface area (Å²) in [6, 6.07) is 0. The molecule has 15 heavy (non-hydrogen) atoms. The van der Waals surface area contributed by atoms with E-state index in [2.05, 4.69) is 31.0 Å². The van der Waals surface area contributed by atoms with E-state index in [0.29, 0.717) is 0 Å². The van der Waals surface area contributed by atoms with E-state index in [-0.39, 0.29) is 5.41 Å². The molecular formula is C9H14N2O2S2. The molecular weight excluding hydrogens is 232 g/mol. The molecule has 0 aliphatic heterocycles. The molecule has 4 nitrogen and oxygen atoms in total. The predicted octanol–water partition coefficient (Wildman–Crippen LogP) is 2.40. The minimum Gasteiger partial charge on any atom is -0.480 e. The van der Waals surface area contributed by atoms with Gasteiger partial charge in [0.15, 0.2) is 4.34 Å². The van der Waals surface area contributed by atoms with Crippen molar-refractivity contribution in [1.82, 2.24) is 10.2 Å². The molecule has 0 aromatic carbocycles. The van der Waals surface area contributed by atoms with Gasteiger partial charge in [-0.25, -0.2) is 0 Å². The number of thioether (sulfide) groups is 1. The van der Waals surface area contributed by atoms with Crippen LogP contribution in [0.2, 0.25) is 0 Å². The van der Waals surface area contributed by atoms with Crippen LogP contribution in [0.15, 0.2) is 4.34 Å². The molecule has 1 unspecified atom stereocenters. The first kappa shape index (κ1) is 12.4. The molecule has 1 aromatic rings. The van der Waals surface area contributed by atoms with Gasteiger partial charge in [-0.15, -0.1) is 10.2 Å². The summed E-state index contributed by atoms with van der Waals surface area (Å²) < 4.78 is 0.717. The standard InChI is InChI=1S/C9H14N2O2S2/c1-5(6(12)13)14-8-11-10-7(15-8)9(2,3)4/h5H,1-4H3,(H,12,13). The Hall–Kier alpha value is -0.620. The number of aliphatic carboxylic acids is 1. The summed E-state index contributed by atoms with van der Waals surface area (Å²) in [5.74, 6) is -0.826. The van der Waals surface area contributed by atoms with Crippen molar-refractivity contribution >= 4 is 29.1 Å². The number of rotatable bonds is 3. The highest BCUT2D eigenvalue weighted by molar-refractivity contribution is 8.02. The molecule has 0 spiro atoms. The summed E-state index contributed by atoms with van der Waals surface area (Å²) in [7, 11) is 0. The van der Waals surface area contributed by atoms with Crippen molar-refractivity contribution in [2.24, 2.45) is 0 Å². The normalized spacial score (nSPS) is 13.9. The lowest BCUT2D eigenvalue weighted by Gasteiger charge is -2.12. The average Bonchev–Trinajstić information content (AvgIpc) is 2.51. The largest absolute Gasteiger partial charge is 0.480 e. The Bertz CT molecular complexity index is 357. The Balaban J connectivity index is 2.73. The fourth-order valence-electron chi connectivity index (χ4n) is 0.762. The molecule has 0 fully saturated rings. The Morgan fingerprint density at radius 2 is 2.07 bits per heavy atom. The van der Waals surface area contributed by atoms with Crippen LogP contribution in [0.1, 0.15) is 32.7 Å². The van der Waals surface area contributed by atoms with Gasteiger partial charge in [0, 0.05) is 5.41 Å². The van der Waals surface area contributed by atoms with E-state index in [4.69, 9.17) is 5.11 Å². The lowest BCUT2D eigenvalue weighted by atomic mass is 9.98. The van der Waals surface area contributed by atoms with Crippen molar-refractivity contribution in [1.29, 1.82) is 0 Å². The second-order valence-electron chi connectivity index (χ2n) is 4.22. The van der Waals surface area contributed by atoms with Gasteiger partial charge in [-0.3, -0.25) is 4.79 Å². The molecule has 0 aliphatic carbocycles. The van der Waals surface area contributed by atoms with Gasteiger partial charge in [0.1, 0.15) is 10.3 Å². The highest BCUT2D eigenvalue weighted by atomic mass is 32.2. The number of nitrogens with zero attached hydrogens (tertiary/aromatic N) is 2. The quantitative estimate of drug-likeness (QED) is 0.830. The minimum atomic E-state index is -0.826. The van der Waals surface area contributed by atoms with Crippen LogP contribution < -0.4 is 0 Å². The molecule has 0 amide bonds. The predicted molar refractivity (Wildman–Crippen MR) is 61.6 cm³/mol. The van der Waals surface area contributed by atoms with E-state index in [1.54, 1.807) is 6.92 Å². The van der Waals surface area contributed by atoms with Gasteiger partial charge in [0.25, 0.3) is 0 Å². The summed E-state index contributed by atoms with van der Waals surface area (Å²) in [5, 5.41) is 17.2. The number of carbonyl (C=O) groups is 1. The number of aromatic nitrogens is 2. The van der Waals surface area contributed by atoms with Gasteiger partial charge in [-0.05, 0) is 6.92 Å². The van der Waals surface area contributed by atoms with Gasteiger partial charge < -0.3 is 5.11 Å². The third kappa shape index (κ3) is 3.46. The van der Waals surface area contributed by atoms with Gasteiger partial charge >= 0.3 is 5.97 Å². The van der Waals surface area contributed by atoms with Crippen molar-refractivity contribution in [3.8, 4) is 0 Å². The van der Waals surface area contributed by atoms with Gasteiger partial charge in [-0.1, -0.05) is 43.9 Å².